The van der Waals surface area contributed by atoms with Crippen molar-refractivity contribution in [3.8, 4) is 6.07 Å². The Kier molecular flexibility index (Phi) is 3.91. The highest BCUT2D eigenvalue weighted by Gasteiger charge is 2.21. The lowest BCUT2D eigenvalue weighted by molar-refractivity contribution is 0.349. The van der Waals surface area contributed by atoms with Crippen LogP contribution in [0.3, 0.4) is 0 Å². The lowest BCUT2D eigenvalue weighted by atomic mass is 9.86. The first-order valence-corrected chi connectivity index (χ1v) is 6.54. The average Bonchev–Trinajstić information content (AvgIpc) is 2.35. The molecule has 90 valence electrons. The molecule has 0 spiro atoms. The highest BCUT2D eigenvalue weighted by molar-refractivity contribution is 6.33. The van der Waals surface area contributed by atoms with Gasteiger partial charge >= 0.3 is 0 Å². The van der Waals surface area contributed by atoms with Crippen LogP contribution in [-0.2, 0) is 0 Å². The van der Waals surface area contributed by atoms with Crippen LogP contribution in [-0.4, -0.2) is 6.04 Å². The Labute approximate surface area is 108 Å². The molecule has 1 saturated carbocycles. The quantitative estimate of drug-likeness (QED) is 0.851. The SMILES string of the molecule is CC1CCCCC1Nc1cc(C#N)ccc1Cl. The predicted molar refractivity (Wildman–Crippen MR) is 71.2 cm³/mol. The number of hydrogen-bond acceptors (Lipinski definition) is 2. The molecule has 0 amide bonds. The third-order valence-electron chi connectivity index (χ3n) is 3.55. The van der Waals surface area contributed by atoms with Gasteiger partial charge in [0.05, 0.1) is 22.3 Å². The van der Waals surface area contributed by atoms with E-state index in [0.29, 0.717) is 22.5 Å². The summed E-state index contributed by atoms with van der Waals surface area (Å²) in [6.07, 6.45) is 5.06. The van der Waals surface area contributed by atoms with E-state index in [1.807, 2.05) is 6.07 Å². The van der Waals surface area contributed by atoms with Gasteiger partial charge in [-0.3, -0.25) is 0 Å². The van der Waals surface area contributed by atoms with E-state index in [1.165, 1.54) is 25.7 Å². The minimum Gasteiger partial charge on any atom is -0.381 e. The van der Waals surface area contributed by atoms with Crippen molar-refractivity contribution in [3.05, 3.63) is 28.8 Å². The molecule has 1 N–H and O–H groups in total. The standard InChI is InChI=1S/C14H17ClN2/c1-10-4-2-3-5-13(10)17-14-8-11(9-16)6-7-12(14)15/h6-8,10,13,17H,2-5H2,1H3. The van der Waals surface area contributed by atoms with Crippen molar-refractivity contribution in [2.75, 3.05) is 5.32 Å². The summed E-state index contributed by atoms with van der Waals surface area (Å²) in [5, 5.41) is 13.1. The Bertz CT molecular complexity index is 436. The molecule has 1 aromatic rings. The minimum absolute atomic E-state index is 0.482. The fourth-order valence-electron chi connectivity index (χ4n) is 2.44. The Morgan fingerprint density at radius 2 is 2.12 bits per heavy atom. The van der Waals surface area contributed by atoms with Crippen LogP contribution in [0.2, 0.25) is 5.02 Å². The van der Waals surface area contributed by atoms with Gasteiger partial charge in [0, 0.05) is 6.04 Å². The molecule has 1 aliphatic rings. The summed E-state index contributed by atoms with van der Waals surface area (Å²) < 4.78 is 0. The van der Waals surface area contributed by atoms with E-state index in [9.17, 15) is 0 Å². The zero-order valence-corrected chi connectivity index (χ0v) is 10.8. The van der Waals surface area contributed by atoms with Gasteiger partial charge in [-0.05, 0) is 37.0 Å². The van der Waals surface area contributed by atoms with E-state index in [2.05, 4.69) is 18.3 Å². The lowest BCUT2D eigenvalue weighted by Gasteiger charge is -2.30. The monoisotopic (exact) mass is 248 g/mol. The highest BCUT2D eigenvalue weighted by atomic mass is 35.5. The summed E-state index contributed by atoms with van der Waals surface area (Å²) in [5.74, 6) is 0.672. The van der Waals surface area contributed by atoms with E-state index in [0.717, 1.165) is 5.69 Å². The average molecular weight is 249 g/mol. The molecule has 1 aliphatic carbocycles. The molecule has 3 heteroatoms. The third-order valence-corrected chi connectivity index (χ3v) is 3.88. The van der Waals surface area contributed by atoms with Crippen molar-refractivity contribution in [2.24, 2.45) is 5.92 Å². The summed E-state index contributed by atoms with van der Waals surface area (Å²) >= 11 is 6.15. The van der Waals surface area contributed by atoms with E-state index < -0.39 is 0 Å². The van der Waals surface area contributed by atoms with Gasteiger partial charge in [-0.15, -0.1) is 0 Å². The first kappa shape index (κ1) is 12.3. The molecule has 2 rings (SSSR count). The van der Waals surface area contributed by atoms with Crippen molar-refractivity contribution < 1.29 is 0 Å². The molecule has 0 heterocycles. The molecule has 0 aliphatic heterocycles. The predicted octanol–water partition coefficient (Wildman–Crippen LogP) is 4.20. The summed E-state index contributed by atoms with van der Waals surface area (Å²) in [6.45, 7) is 2.28. The summed E-state index contributed by atoms with van der Waals surface area (Å²) in [7, 11) is 0. The van der Waals surface area contributed by atoms with Gasteiger partial charge in [0.25, 0.3) is 0 Å². The third kappa shape index (κ3) is 2.92. The molecule has 0 bridgehead atoms. The van der Waals surface area contributed by atoms with Crippen LogP contribution in [0.15, 0.2) is 18.2 Å². The van der Waals surface area contributed by atoms with Gasteiger partial charge in [-0.1, -0.05) is 31.4 Å². The molecule has 0 aromatic heterocycles. The normalized spacial score (nSPS) is 24.1. The van der Waals surface area contributed by atoms with Crippen LogP contribution in [0.4, 0.5) is 5.69 Å². The number of hydrogen-bond donors (Lipinski definition) is 1. The van der Waals surface area contributed by atoms with Gasteiger partial charge in [0.15, 0.2) is 0 Å². The Morgan fingerprint density at radius 1 is 1.35 bits per heavy atom. The molecule has 1 aromatic carbocycles. The number of nitrogens with one attached hydrogen (secondary N) is 1. The summed E-state index contributed by atoms with van der Waals surface area (Å²) in [4.78, 5) is 0. The molecule has 2 unspecified atom stereocenters. The van der Waals surface area contributed by atoms with Gasteiger partial charge in [-0.25, -0.2) is 0 Å². The zero-order chi connectivity index (χ0) is 12.3. The van der Waals surface area contributed by atoms with Crippen LogP contribution < -0.4 is 5.32 Å². The number of anilines is 1. The number of halogens is 1. The molecule has 0 saturated heterocycles. The van der Waals surface area contributed by atoms with Gasteiger partial charge in [0.2, 0.25) is 0 Å². The van der Waals surface area contributed by atoms with Gasteiger partial charge < -0.3 is 5.32 Å². The number of benzene rings is 1. The first-order chi connectivity index (χ1) is 8.20. The lowest BCUT2D eigenvalue weighted by Crippen LogP contribution is -2.30. The minimum atomic E-state index is 0.482. The number of nitriles is 1. The Balaban J connectivity index is 2.14. The number of nitrogens with zero attached hydrogens (tertiary/aromatic N) is 1. The van der Waals surface area contributed by atoms with Crippen LogP contribution >= 0.6 is 11.6 Å². The van der Waals surface area contributed by atoms with Crippen LogP contribution in [0, 0.1) is 17.2 Å². The first-order valence-electron chi connectivity index (χ1n) is 6.17. The highest BCUT2D eigenvalue weighted by Crippen LogP contribution is 2.30. The number of rotatable bonds is 2. The summed E-state index contributed by atoms with van der Waals surface area (Å²) in [5.41, 5.74) is 1.55. The maximum atomic E-state index is 8.89. The maximum absolute atomic E-state index is 8.89. The Hall–Kier alpha value is -1.20. The summed E-state index contributed by atoms with van der Waals surface area (Å²) in [6, 6.07) is 8.00. The van der Waals surface area contributed by atoms with Crippen molar-refractivity contribution in [3.63, 3.8) is 0 Å². The van der Waals surface area contributed by atoms with E-state index in [1.54, 1.807) is 12.1 Å². The Morgan fingerprint density at radius 3 is 2.82 bits per heavy atom. The molecule has 17 heavy (non-hydrogen) atoms. The molecule has 0 radical (unpaired) electrons. The van der Waals surface area contributed by atoms with Crippen LogP contribution in [0.1, 0.15) is 38.2 Å². The molecular weight excluding hydrogens is 232 g/mol. The zero-order valence-electron chi connectivity index (χ0n) is 10.0. The largest absolute Gasteiger partial charge is 0.381 e. The molecule has 2 atom stereocenters. The van der Waals surface area contributed by atoms with E-state index >= 15 is 0 Å². The fourth-order valence-corrected chi connectivity index (χ4v) is 2.61. The van der Waals surface area contributed by atoms with Crippen molar-refractivity contribution in [2.45, 2.75) is 38.6 Å². The topological polar surface area (TPSA) is 35.8 Å². The smallest absolute Gasteiger partial charge is 0.0992 e. The maximum Gasteiger partial charge on any atom is 0.0992 e. The van der Waals surface area contributed by atoms with E-state index in [4.69, 9.17) is 16.9 Å². The van der Waals surface area contributed by atoms with Gasteiger partial charge in [0.1, 0.15) is 0 Å². The second-order valence-electron chi connectivity index (χ2n) is 4.82. The molecular formula is C14H17ClN2. The van der Waals surface area contributed by atoms with Crippen molar-refractivity contribution in [1.29, 1.82) is 5.26 Å². The fraction of sp³-hybridized carbons (Fsp3) is 0.500. The van der Waals surface area contributed by atoms with Crippen molar-refractivity contribution in [1.82, 2.24) is 0 Å². The molecule has 2 nitrogen and oxygen atoms in total. The van der Waals surface area contributed by atoms with Crippen LogP contribution in [0.5, 0.6) is 0 Å². The van der Waals surface area contributed by atoms with Crippen LogP contribution in [0.25, 0.3) is 0 Å². The second-order valence-corrected chi connectivity index (χ2v) is 5.23. The van der Waals surface area contributed by atoms with Crippen molar-refractivity contribution >= 4 is 17.3 Å². The van der Waals surface area contributed by atoms with E-state index in [-0.39, 0.29) is 0 Å². The van der Waals surface area contributed by atoms with Gasteiger partial charge in [-0.2, -0.15) is 5.26 Å². The molecule has 1 fully saturated rings. The second kappa shape index (κ2) is 5.42.